The molecule has 3 N–H and O–H groups in total. The summed E-state index contributed by atoms with van der Waals surface area (Å²) in [4.78, 5) is 11.0. The number of rotatable bonds is 3. The van der Waals surface area contributed by atoms with Crippen molar-refractivity contribution in [3.63, 3.8) is 0 Å². The maximum absolute atomic E-state index is 13.3. The van der Waals surface area contributed by atoms with Gasteiger partial charge in [0.15, 0.2) is 0 Å². The Labute approximate surface area is 146 Å². The van der Waals surface area contributed by atoms with E-state index in [9.17, 15) is 18.0 Å². The topological polar surface area (TPSA) is 84.9 Å². The van der Waals surface area contributed by atoms with Crippen LogP contribution in [0.25, 0.3) is 22.6 Å². The highest BCUT2D eigenvalue weighted by Gasteiger charge is 2.34. The molecule has 0 atom stereocenters. The number of hydrogen-bond acceptors (Lipinski definition) is 4. The summed E-state index contributed by atoms with van der Waals surface area (Å²) in [5, 5.41) is 5.72. The summed E-state index contributed by atoms with van der Waals surface area (Å²) in [6.45, 7) is 0.297. The van der Waals surface area contributed by atoms with Gasteiger partial charge in [-0.05, 0) is 34.9 Å². The van der Waals surface area contributed by atoms with E-state index in [-0.39, 0.29) is 29.4 Å². The van der Waals surface area contributed by atoms with Crippen LogP contribution in [0.5, 0.6) is 0 Å². The average molecular weight is 372 g/mol. The molecule has 0 amide bonds. The smallest absolute Gasteiger partial charge is 0.388 e. The predicted molar refractivity (Wildman–Crippen MR) is 88.1 cm³/mol. The lowest BCUT2D eigenvalue weighted by Crippen LogP contribution is -2.07. The van der Waals surface area contributed by atoms with E-state index in [1.807, 2.05) is 0 Å². The highest BCUT2D eigenvalue weighted by molar-refractivity contribution is 5.85. The molecule has 132 valence electrons. The molecule has 0 bridgehead atoms. The molecule has 5 nitrogen and oxygen atoms in total. The lowest BCUT2D eigenvalue weighted by molar-refractivity contribution is -0.137. The first-order chi connectivity index (χ1) is 11.4. The summed E-state index contributed by atoms with van der Waals surface area (Å²) >= 11 is 0. The molecule has 3 aromatic rings. The Morgan fingerprint density at radius 1 is 1.08 bits per heavy atom. The summed E-state index contributed by atoms with van der Waals surface area (Å²) < 4.78 is 44.7. The van der Waals surface area contributed by atoms with Gasteiger partial charge in [-0.1, -0.05) is 24.3 Å². The molecule has 0 saturated carbocycles. The molecule has 0 aliphatic carbocycles. The van der Waals surface area contributed by atoms with Crippen LogP contribution in [0.2, 0.25) is 0 Å². The zero-order valence-corrected chi connectivity index (χ0v) is 13.4. The number of nitrogens with one attached hydrogen (secondary N) is 1. The van der Waals surface area contributed by atoms with Crippen LogP contribution in [0.3, 0.4) is 0 Å². The summed E-state index contributed by atoms with van der Waals surface area (Å²) in [5.41, 5.74) is 6.13. The Balaban J connectivity index is 0.00000225. The minimum Gasteiger partial charge on any atom is -0.388 e. The molecule has 9 heteroatoms. The lowest BCUT2D eigenvalue weighted by Gasteiger charge is -2.14. The van der Waals surface area contributed by atoms with Crippen molar-refractivity contribution in [3.05, 3.63) is 64.1 Å². The molecule has 0 radical (unpaired) electrons. The van der Waals surface area contributed by atoms with Crippen molar-refractivity contribution in [2.75, 3.05) is 0 Å². The fourth-order valence-corrected chi connectivity index (χ4v) is 2.34. The molecule has 2 aromatic carbocycles. The van der Waals surface area contributed by atoms with Crippen LogP contribution < -0.4 is 11.5 Å². The largest absolute Gasteiger partial charge is 0.434 e. The third-order valence-electron chi connectivity index (χ3n) is 3.51. The second-order valence-electron chi connectivity index (χ2n) is 5.08. The number of halogens is 4. The van der Waals surface area contributed by atoms with Crippen molar-refractivity contribution in [1.29, 1.82) is 0 Å². The standard InChI is InChI=1S/C16H12F3N3O2.ClH/c17-16(18,19)13-6-5-11(14-21-22-15(23)24-14)7-12(13)10-3-1-9(8-20)2-4-10;/h1-7H,8,20H2,(H,22,23);1H. The van der Waals surface area contributed by atoms with Crippen LogP contribution in [0.15, 0.2) is 51.7 Å². The number of aromatic amines is 1. The third kappa shape index (κ3) is 3.92. The van der Waals surface area contributed by atoms with Crippen molar-refractivity contribution >= 4 is 12.4 Å². The highest BCUT2D eigenvalue weighted by Crippen LogP contribution is 2.39. The van der Waals surface area contributed by atoms with Gasteiger partial charge in [0.2, 0.25) is 5.89 Å². The number of aromatic nitrogens is 2. The van der Waals surface area contributed by atoms with Gasteiger partial charge in [-0.15, -0.1) is 17.5 Å². The summed E-state index contributed by atoms with van der Waals surface area (Å²) in [5.74, 6) is -0.854. The molecule has 0 fully saturated rings. The number of benzene rings is 2. The van der Waals surface area contributed by atoms with Crippen LogP contribution in [-0.2, 0) is 12.7 Å². The van der Waals surface area contributed by atoms with Crippen LogP contribution in [0.1, 0.15) is 11.1 Å². The summed E-state index contributed by atoms with van der Waals surface area (Å²) in [6, 6.07) is 9.90. The Morgan fingerprint density at radius 2 is 1.72 bits per heavy atom. The van der Waals surface area contributed by atoms with Crippen LogP contribution in [0, 0.1) is 0 Å². The predicted octanol–water partition coefficient (Wildman–Crippen LogP) is 3.60. The summed E-state index contributed by atoms with van der Waals surface area (Å²) in [6.07, 6.45) is -4.52. The van der Waals surface area contributed by atoms with E-state index in [1.54, 1.807) is 24.3 Å². The minimum atomic E-state index is -4.52. The molecule has 1 aromatic heterocycles. The van der Waals surface area contributed by atoms with Gasteiger partial charge in [-0.3, -0.25) is 0 Å². The molecule has 0 aliphatic heterocycles. The Morgan fingerprint density at radius 3 is 2.24 bits per heavy atom. The molecule has 0 spiro atoms. The van der Waals surface area contributed by atoms with E-state index in [0.29, 0.717) is 12.1 Å². The molecule has 25 heavy (non-hydrogen) atoms. The first kappa shape index (κ1) is 18.8. The van der Waals surface area contributed by atoms with Crippen LogP contribution in [-0.4, -0.2) is 10.2 Å². The summed E-state index contributed by atoms with van der Waals surface area (Å²) in [7, 11) is 0. The Hall–Kier alpha value is -2.58. The molecule has 0 unspecified atom stereocenters. The minimum absolute atomic E-state index is 0. The maximum Gasteiger partial charge on any atom is 0.434 e. The molecular weight excluding hydrogens is 359 g/mol. The number of H-pyrrole nitrogens is 1. The first-order valence-electron chi connectivity index (χ1n) is 6.95. The fourth-order valence-electron chi connectivity index (χ4n) is 2.34. The molecule has 0 saturated heterocycles. The van der Waals surface area contributed by atoms with E-state index in [1.165, 1.54) is 12.1 Å². The van der Waals surface area contributed by atoms with E-state index < -0.39 is 17.5 Å². The van der Waals surface area contributed by atoms with Crippen molar-refractivity contribution in [1.82, 2.24) is 10.2 Å². The quantitative estimate of drug-likeness (QED) is 0.736. The third-order valence-corrected chi connectivity index (χ3v) is 3.51. The molecule has 1 heterocycles. The van der Waals surface area contributed by atoms with E-state index in [0.717, 1.165) is 11.6 Å². The normalized spacial score (nSPS) is 11.2. The molecule has 3 rings (SSSR count). The van der Waals surface area contributed by atoms with Gasteiger partial charge < -0.3 is 10.2 Å². The van der Waals surface area contributed by atoms with Gasteiger partial charge in [0, 0.05) is 12.1 Å². The van der Waals surface area contributed by atoms with Crippen molar-refractivity contribution in [2.24, 2.45) is 5.73 Å². The zero-order valence-electron chi connectivity index (χ0n) is 12.6. The lowest BCUT2D eigenvalue weighted by atomic mass is 9.96. The molecular formula is C16H13ClF3N3O2. The van der Waals surface area contributed by atoms with Crippen molar-refractivity contribution in [3.8, 4) is 22.6 Å². The van der Waals surface area contributed by atoms with E-state index in [2.05, 4.69) is 10.2 Å². The number of hydrogen-bond donors (Lipinski definition) is 2. The van der Waals surface area contributed by atoms with Crippen molar-refractivity contribution < 1.29 is 17.6 Å². The molecule has 0 aliphatic rings. The number of alkyl halides is 3. The van der Waals surface area contributed by atoms with Crippen LogP contribution >= 0.6 is 12.4 Å². The second-order valence-corrected chi connectivity index (χ2v) is 5.08. The van der Waals surface area contributed by atoms with E-state index in [4.69, 9.17) is 10.2 Å². The van der Waals surface area contributed by atoms with Crippen molar-refractivity contribution in [2.45, 2.75) is 12.7 Å². The zero-order chi connectivity index (χ0) is 17.3. The van der Waals surface area contributed by atoms with Gasteiger partial charge in [0.1, 0.15) is 0 Å². The van der Waals surface area contributed by atoms with Gasteiger partial charge >= 0.3 is 11.9 Å². The Kier molecular flexibility index (Phi) is 5.34. The monoisotopic (exact) mass is 371 g/mol. The number of nitrogens with zero attached hydrogens (tertiary/aromatic N) is 1. The number of nitrogens with two attached hydrogens (primary N) is 1. The van der Waals surface area contributed by atoms with E-state index >= 15 is 0 Å². The van der Waals surface area contributed by atoms with Gasteiger partial charge in [-0.2, -0.15) is 13.2 Å². The first-order valence-corrected chi connectivity index (χ1v) is 6.95. The fraction of sp³-hybridized carbons (Fsp3) is 0.125. The van der Waals surface area contributed by atoms with Gasteiger partial charge in [0.05, 0.1) is 5.56 Å². The van der Waals surface area contributed by atoms with Gasteiger partial charge in [0.25, 0.3) is 0 Å². The maximum atomic E-state index is 13.3. The van der Waals surface area contributed by atoms with Crippen LogP contribution in [0.4, 0.5) is 13.2 Å². The Bertz CT molecular complexity index is 917. The second kappa shape index (κ2) is 7.12. The average Bonchev–Trinajstić information content (AvgIpc) is 3.00. The van der Waals surface area contributed by atoms with Gasteiger partial charge in [-0.25, -0.2) is 9.89 Å². The SMILES string of the molecule is Cl.NCc1ccc(-c2cc(-c3n[nH]c(=O)o3)ccc2C(F)(F)F)cc1. The highest BCUT2D eigenvalue weighted by atomic mass is 35.5.